The molecule has 104 valence electrons. The van der Waals surface area contributed by atoms with Crippen LogP contribution in [0.3, 0.4) is 0 Å². The van der Waals surface area contributed by atoms with Crippen LogP contribution in [0.15, 0.2) is 23.6 Å². The zero-order valence-electron chi connectivity index (χ0n) is 10.5. The first kappa shape index (κ1) is 14.6. The highest BCUT2D eigenvalue weighted by atomic mass is 16.6. The third-order valence-electron chi connectivity index (χ3n) is 2.66. The first-order valence-electron chi connectivity index (χ1n) is 5.17. The summed E-state index contributed by atoms with van der Waals surface area (Å²) in [5.74, 6) is -0.918. The molecule has 0 aromatic heterocycles. The highest BCUT2D eigenvalue weighted by Crippen LogP contribution is 2.31. The fraction of sp³-hybridized carbons (Fsp3) is 0.500. The van der Waals surface area contributed by atoms with Gasteiger partial charge >= 0.3 is 11.7 Å². The molecule has 0 radical (unpaired) electrons. The molecule has 0 N–H and O–H groups in total. The number of hydrogen-bond donors (Lipinski definition) is 0. The van der Waals surface area contributed by atoms with E-state index < -0.39 is 33.2 Å². The molecule has 0 saturated heterocycles. The van der Waals surface area contributed by atoms with Crippen molar-refractivity contribution in [3.8, 4) is 0 Å². The van der Waals surface area contributed by atoms with Gasteiger partial charge in [-0.3, -0.25) is 25.0 Å². The molecule has 0 saturated carbocycles. The molecular weight excluding hydrogens is 260 g/mol. The van der Waals surface area contributed by atoms with E-state index in [4.69, 9.17) is 9.47 Å². The molecule has 0 amide bonds. The topological polar surface area (TPSA) is 122 Å². The second kappa shape index (κ2) is 5.04. The van der Waals surface area contributed by atoms with Gasteiger partial charge in [-0.05, 0) is 0 Å². The fourth-order valence-corrected chi connectivity index (χ4v) is 1.63. The molecule has 0 aromatic carbocycles. The van der Waals surface area contributed by atoms with Gasteiger partial charge in [-0.1, -0.05) is 0 Å². The summed E-state index contributed by atoms with van der Waals surface area (Å²) in [7, 11) is 1.18. The third-order valence-corrected chi connectivity index (χ3v) is 2.66. The molecule has 9 nitrogen and oxygen atoms in total. The molecule has 1 aliphatic carbocycles. The van der Waals surface area contributed by atoms with Crippen molar-refractivity contribution < 1.29 is 24.1 Å². The van der Waals surface area contributed by atoms with Crippen LogP contribution < -0.4 is 0 Å². The van der Waals surface area contributed by atoms with Gasteiger partial charge in [-0.15, -0.1) is 0 Å². The van der Waals surface area contributed by atoms with Gasteiger partial charge in [-0.25, -0.2) is 0 Å². The van der Waals surface area contributed by atoms with Gasteiger partial charge in [0.2, 0.25) is 0 Å². The summed E-state index contributed by atoms with van der Waals surface area (Å²) >= 11 is 0. The van der Waals surface area contributed by atoms with E-state index in [0.29, 0.717) is 0 Å². The molecule has 1 rings (SSSR count). The quantitative estimate of drug-likeness (QED) is 0.418. The minimum atomic E-state index is -1.92. The van der Waals surface area contributed by atoms with Gasteiger partial charge in [0.25, 0.3) is 5.54 Å². The fourth-order valence-electron chi connectivity index (χ4n) is 1.63. The zero-order chi connectivity index (χ0) is 14.8. The van der Waals surface area contributed by atoms with E-state index in [9.17, 15) is 25.0 Å². The minimum Gasteiger partial charge on any atom is -0.490 e. The van der Waals surface area contributed by atoms with Crippen molar-refractivity contribution in [2.75, 3.05) is 7.11 Å². The Morgan fingerprint density at radius 1 is 1.42 bits per heavy atom. The number of ether oxygens (including phenoxy) is 2. The van der Waals surface area contributed by atoms with Crippen LogP contribution in [0.4, 0.5) is 0 Å². The molecule has 0 spiro atoms. The Bertz CT molecular complexity index is 496. The van der Waals surface area contributed by atoms with Gasteiger partial charge in [0.1, 0.15) is 0 Å². The Labute approximate surface area is 107 Å². The van der Waals surface area contributed by atoms with Crippen LogP contribution >= 0.6 is 0 Å². The zero-order valence-corrected chi connectivity index (χ0v) is 10.5. The highest BCUT2D eigenvalue weighted by Gasteiger charge is 2.51. The second-order valence-corrected chi connectivity index (χ2v) is 4.03. The van der Waals surface area contributed by atoms with Gasteiger partial charge in [0, 0.05) is 24.8 Å². The summed E-state index contributed by atoms with van der Waals surface area (Å²) in [6.07, 6.45) is 0.598. The highest BCUT2D eigenvalue weighted by molar-refractivity contribution is 5.66. The predicted molar refractivity (Wildman–Crippen MR) is 61.1 cm³/mol. The largest absolute Gasteiger partial charge is 0.490 e. The van der Waals surface area contributed by atoms with Crippen molar-refractivity contribution in [3.05, 3.63) is 43.8 Å². The molecular formula is C10H12N2O7. The van der Waals surface area contributed by atoms with Crippen molar-refractivity contribution in [2.45, 2.75) is 25.5 Å². The van der Waals surface area contributed by atoms with E-state index in [1.807, 2.05) is 0 Å². The number of hydrogen-bond acceptors (Lipinski definition) is 7. The number of carbonyl (C=O) groups is 1. The van der Waals surface area contributed by atoms with E-state index in [2.05, 4.69) is 0 Å². The molecule has 9 heteroatoms. The Balaban J connectivity index is 3.33. The lowest BCUT2D eigenvalue weighted by Crippen LogP contribution is -2.48. The predicted octanol–water partition coefficient (Wildman–Crippen LogP) is 0.658. The summed E-state index contributed by atoms with van der Waals surface area (Å²) in [6, 6.07) is 0. The van der Waals surface area contributed by atoms with Crippen LogP contribution in [0.25, 0.3) is 0 Å². The molecule has 0 fully saturated rings. The molecule has 1 aliphatic rings. The number of nitrogens with zero attached hydrogens (tertiary/aromatic N) is 2. The van der Waals surface area contributed by atoms with Crippen LogP contribution in [0.5, 0.6) is 0 Å². The summed E-state index contributed by atoms with van der Waals surface area (Å²) in [4.78, 5) is 31.4. The van der Waals surface area contributed by atoms with E-state index in [-0.39, 0.29) is 5.76 Å². The van der Waals surface area contributed by atoms with Crippen molar-refractivity contribution in [1.29, 1.82) is 0 Å². The van der Waals surface area contributed by atoms with E-state index >= 15 is 0 Å². The van der Waals surface area contributed by atoms with Crippen LogP contribution in [-0.2, 0) is 14.3 Å². The lowest BCUT2D eigenvalue weighted by molar-refractivity contribution is -0.562. The van der Waals surface area contributed by atoms with Crippen LogP contribution in [0, 0.1) is 20.2 Å². The van der Waals surface area contributed by atoms with Crippen molar-refractivity contribution in [2.24, 2.45) is 0 Å². The summed E-state index contributed by atoms with van der Waals surface area (Å²) in [6.45, 7) is 2.22. The molecule has 0 heterocycles. The normalized spacial score (nSPS) is 25.9. The Kier molecular flexibility index (Phi) is 3.88. The minimum absolute atomic E-state index is 0.185. The second-order valence-electron chi connectivity index (χ2n) is 4.03. The van der Waals surface area contributed by atoms with Crippen molar-refractivity contribution >= 4 is 5.97 Å². The maximum atomic E-state index is 11.1. The monoisotopic (exact) mass is 272 g/mol. The average Bonchev–Trinajstić information content (AvgIpc) is 2.30. The van der Waals surface area contributed by atoms with Gasteiger partial charge in [0.15, 0.2) is 11.9 Å². The Hall–Kier alpha value is -2.45. The number of methoxy groups -OCH3 is 1. The molecule has 19 heavy (non-hydrogen) atoms. The summed E-state index contributed by atoms with van der Waals surface area (Å²) in [5, 5.41) is 22.0. The number of carbonyl (C=O) groups excluding carboxylic acids is 1. The Morgan fingerprint density at radius 3 is 2.37 bits per heavy atom. The van der Waals surface area contributed by atoms with Crippen LogP contribution in [0.2, 0.25) is 0 Å². The van der Waals surface area contributed by atoms with Gasteiger partial charge in [0.05, 0.1) is 18.1 Å². The molecule has 0 unspecified atom stereocenters. The number of rotatable bonds is 4. The maximum Gasteiger partial charge on any atom is 0.314 e. The number of esters is 1. The average molecular weight is 272 g/mol. The Morgan fingerprint density at radius 2 is 2.00 bits per heavy atom. The summed E-state index contributed by atoms with van der Waals surface area (Å²) in [5.41, 5.74) is -2.46. The van der Waals surface area contributed by atoms with Gasteiger partial charge in [-0.2, -0.15) is 0 Å². The lowest BCUT2D eigenvalue weighted by Gasteiger charge is -2.27. The molecule has 0 bridgehead atoms. The van der Waals surface area contributed by atoms with E-state index in [1.165, 1.54) is 7.11 Å². The lowest BCUT2D eigenvalue weighted by atomic mass is 9.89. The first-order valence-corrected chi connectivity index (χ1v) is 5.17. The van der Waals surface area contributed by atoms with Crippen molar-refractivity contribution in [1.82, 2.24) is 0 Å². The van der Waals surface area contributed by atoms with Crippen LogP contribution in [-0.4, -0.2) is 34.6 Å². The van der Waals surface area contributed by atoms with E-state index in [1.54, 1.807) is 0 Å². The molecule has 2 atom stereocenters. The molecule has 0 aromatic rings. The maximum absolute atomic E-state index is 11.1. The van der Waals surface area contributed by atoms with Gasteiger partial charge < -0.3 is 9.47 Å². The van der Waals surface area contributed by atoms with Crippen LogP contribution in [0.1, 0.15) is 13.8 Å². The summed E-state index contributed by atoms with van der Waals surface area (Å²) < 4.78 is 9.61. The standard InChI is InChI=1S/C10H12N2O7/c1-6(13)19-9-4-8(18-3)7(11(14)15)5-10(9,2)12(16)17/h4-5,9H,1-3H3/t9-,10+/m0/s1. The van der Waals surface area contributed by atoms with Crippen molar-refractivity contribution in [3.63, 3.8) is 0 Å². The third kappa shape index (κ3) is 2.69. The smallest absolute Gasteiger partial charge is 0.314 e. The SMILES string of the molecule is COC1=C[C@H](OC(C)=O)[C@](C)([N+](=O)[O-])C=C1[N+](=O)[O-]. The molecule has 0 aliphatic heterocycles. The number of nitro groups is 2. The van der Waals surface area contributed by atoms with E-state index in [0.717, 1.165) is 26.0 Å². The first-order chi connectivity index (χ1) is 8.72.